The van der Waals surface area contributed by atoms with Crippen molar-refractivity contribution in [3.05, 3.63) is 23.9 Å². The number of amides is 2. The first-order valence-corrected chi connectivity index (χ1v) is 5.77. The molecule has 1 fully saturated rings. The Morgan fingerprint density at radius 1 is 1.50 bits per heavy atom. The van der Waals surface area contributed by atoms with Crippen molar-refractivity contribution in [2.45, 2.75) is 19.4 Å². The van der Waals surface area contributed by atoms with E-state index in [0.29, 0.717) is 24.6 Å². The lowest BCUT2D eigenvalue weighted by Crippen LogP contribution is -2.35. The molecule has 1 aromatic heterocycles. The predicted molar refractivity (Wildman–Crippen MR) is 65.2 cm³/mol. The van der Waals surface area contributed by atoms with Gasteiger partial charge >= 0.3 is 0 Å². The van der Waals surface area contributed by atoms with Crippen LogP contribution in [0.15, 0.2) is 18.3 Å². The second kappa shape index (κ2) is 5.59. The Bertz CT molecular complexity index is 456. The fourth-order valence-electron chi connectivity index (χ4n) is 1.74. The van der Waals surface area contributed by atoms with Gasteiger partial charge in [-0.3, -0.25) is 9.59 Å². The van der Waals surface area contributed by atoms with Gasteiger partial charge in [0.1, 0.15) is 5.82 Å². The van der Waals surface area contributed by atoms with Crippen LogP contribution in [0.5, 0.6) is 0 Å². The minimum absolute atomic E-state index is 0.0647. The molecule has 0 spiro atoms. The maximum atomic E-state index is 11.9. The second-order valence-corrected chi connectivity index (χ2v) is 4.14. The molecule has 0 aromatic carbocycles. The quantitative estimate of drug-likeness (QED) is 0.820. The van der Waals surface area contributed by atoms with E-state index in [4.69, 9.17) is 4.74 Å². The second-order valence-electron chi connectivity index (χ2n) is 4.14. The van der Waals surface area contributed by atoms with Crippen LogP contribution in [0, 0.1) is 0 Å². The van der Waals surface area contributed by atoms with Crippen molar-refractivity contribution in [1.29, 1.82) is 0 Å². The number of nitrogens with zero attached hydrogens (tertiary/aromatic N) is 1. The maximum Gasteiger partial charge on any atom is 0.251 e. The molecule has 0 aliphatic carbocycles. The number of hydrogen-bond donors (Lipinski definition) is 2. The van der Waals surface area contributed by atoms with Gasteiger partial charge in [-0.1, -0.05) is 0 Å². The summed E-state index contributed by atoms with van der Waals surface area (Å²) in [6.45, 7) is 2.62. The SMILES string of the molecule is CC(=O)Nc1cc(C(=O)NC2CCOC2)ccn1. The van der Waals surface area contributed by atoms with Crippen molar-refractivity contribution in [3.63, 3.8) is 0 Å². The van der Waals surface area contributed by atoms with Gasteiger partial charge in [-0.2, -0.15) is 0 Å². The number of rotatable bonds is 3. The zero-order valence-corrected chi connectivity index (χ0v) is 10.1. The number of ether oxygens (including phenoxy) is 1. The zero-order valence-electron chi connectivity index (χ0n) is 10.1. The van der Waals surface area contributed by atoms with Crippen LogP contribution < -0.4 is 10.6 Å². The van der Waals surface area contributed by atoms with Crippen LogP contribution >= 0.6 is 0 Å². The molecule has 96 valence electrons. The lowest BCUT2D eigenvalue weighted by Gasteiger charge is -2.11. The highest BCUT2D eigenvalue weighted by Crippen LogP contribution is 2.09. The molecular weight excluding hydrogens is 234 g/mol. The molecule has 6 heteroatoms. The van der Waals surface area contributed by atoms with Gasteiger partial charge in [0.05, 0.1) is 12.6 Å². The molecule has 0 bridgehead atoms. The number of carbonyl (C=O) groups excluding carboxylic acids is 2. The molecule has 2 N–H and O–H groups in total. The Morgan fingerprint density at radius 2 is 2.33 bits per heavy atom. The van der Waals surface area contributed by atoms with Crippen LogP contribution in [0.4, 0.5) is 5.82 Å². The average Bonchev–Trinajstić information content (AvgIpc) is 2.81. The fraction of sp³-hybridized carbons (Fsp3) is 0.417. The van der Waals surface area contributed by atoms with E-state index >= 15 is 0 Å². The van der Waals surface area contributed by atoms with E-state index in [-0.39, 0.29) is 17.9 Å². The van der Waals surface area contributed by atoms with E-state index in [1.165, 1.54) is 13.1 Å². The predicted octanol–water partition coefficient (Wildman–Crippen LogP) is 0.559. The summed E-state index contributed by atoms with van der Waals surface area (Å²) in [5.74, 6) is -0.0263. The van der Waals surface area contributed by atoms with E-state index in [9.17, 15) is 9.59 Å². The third-order valence-corrected chi connectivity index (χ3v) is 2.59. The Hall–Kier alpha value is -1.95. The first-order valence-electron chi connectivity index (χ1n) is 5.77. The normalized spacial score (nSPS) is 18.4. The minimum Gasteiger partial charge on any atom is -0.379 e. The highest BCUT2D eigenvalue weighted by Gasteiger charge is 2.18. The number of hydrogen-bond acceptors (Lipinski definition) is 4. The van der Waals surface area contributed by atoms with Gasteiger partial charge in [0, 0.05) is 25.3 Å². The summed E-state index contributed by atoms with van der Waals surface area (Å²) in [4.78, 5) is 26.8. The molecule has 18 heavy (non-hydrogen) atoms. The summed E-state index contributed by atoms with van der Waals surface area (Å²) < 4.78 is 5.19. The molecule has 2 rings (SSSR count). The molecule has 1 atom stereocenters. The molecule has 2 heterocycles. The molecule has 1 aliphatic heterocycles. The van der Waals surface area contributed by atoms with Gasteiger partial charge in [-0.05, 0) is 18.6 Å². The van der Waals surface area contributed by atoms with Crippen molar-refractivity contribution < 1.29 is 14.3 Å². The smallest absolute Gasteiger partial charge is 0.251 e. The molecule has 6 nitrogen and oxygen atoms in total. The minimum atomic E-state index is -0.218. The summed E-state index contributed by atoms with van der Waals surface area (Å²) in [6.07, 6.45) is 2.32. The zero-order chi connectivity index (χ0) is 13.0. The number of nitrogens with one attached hydrogen (secondary N) is 2. The van der Waals surface area contributed by atoms with Crippen molar-refractivity contribution >= 4 is 17.6 Å². The van der Waals surface area contributed by atoms with E-state index in [2.05, 4.69) is 15.6 Å². The van der Waals surface area contributed by atoms with Crippen LogP contribution in [0.3, 0.4) is 0 Å². The Morgan fingerprint density at radius 3 is 3.00 bits per heavy atom. The van der Waals surface area contributed by atoms with Gasteiger partial charge < -0.3 is 15.4 Å². The highest BCUT2D eigenvalue weighted by atomic mass is 16.5. The summed E-state index contributed by atoms with van der Waals surface area (Å²) in [7, 11) is 0. The fourth-order valence-corrected chi connectivity index (χ4v) is 1.74. The van der Waals surface area contributed by atoms with Crippen LogP contribution in [0.1, 0.15) is 23.7 Å². The molecule has 1 saturated heterocycles. The molecule has 0 radical (unpaired) electrons. The Kier molecular flexibility index (Phi) is 3.88. The van der Waals surface area contributed by atoms with Crippen LogP contribution in [-0.4, -0.2) is 36.1 Å². The Balaban J connectivity index is 2.02. The molecule has 2 amide bonds. The van der Waals surface area contributed by atoms with Crippen molar-refractivity contribution in [2.75, 3.05) is 18.5 Å². The van der Waals surface area contributed by atoms with Crippen molar-refractivity contribution in [1.82, 2.24) is 10.3 Å². The molecule has 1 aromatic rings. The summed E-state index contributed by atoms with van der Waals surface area (Å²) in [5, 5.41) is 5.41. The van der Waals surface area contributed by atoms with E-state index in [1.807, 2.05) is 0 Å². The van der Waals surface area contributed by atoms with Crippen LogP contribution in [-0.2, 0) is 9.53 Å². The molecular formula is C12H15N3O3. The lowest BCUT2D eigenvalue weighted by atomic mass is 10.2. The van der Waals surface area contributed by atoms with Crippen molar-refractivity contribution in [2.24, 2.45) is 0 Å². The van der Waals surface area contributed by atoms with Gasteiger partial charge in [0.2, 0.25) is 5.91 Å². The number of aromatic nitrogens is 1. The summed E-state index contributed by atoms with van der Waals surface area (Å²) >= 11 is 0. The summed E-state index contributed by atoms with van der Waals surface area (Å²) in [6, 6.07) is 3.22. The van der Waals surface area contributed by atoms with E-state index in [0.717, 1.165) is 6.42 Å². The van der Waals surface area contributed by atoms with Crippen molar-refractivity contribution in [3.8, 4) is 0 Å². The Labute approximate surface area is 105 Å². The first-order chi connectivity index (χ1) is 8.65. The van der Waals surface area contributed by atoms with Gasteiger partial charge in [0.15, 0.2) is 0 Å². The van der Waals surface area contributed by atoms with Gasteiger partial charge in [-0.15, -0.1) is 0 Å². The molecule has 1 unspecified atom stereocenters. The number of carbonyl (C=O) groups is 2. The van der Waals surface area contributed by atoms with Gasteiger partial charge in [-0.25, -0.2) is 4.98 Å². The largest absolute Gasteiger partial charge is 0.379 e. The molecule has 1 aliphatic rings. The third-order valence-electron chi connectivity index (χ3n) is 2.59. The van der Waals surface area contributed by atoms with E-state index in [1.54, 1.807) is 12.1 Å². The number of anilines is 1. The summed E-state index contributed by atoms with van der Waals surface area (Å²) in [5.41, 5.74) is 0.473. The topological polar surface area (TPSA) is 80.3 Å². The van der Waals surface area contributed by atoms with E-state index < -0.39 is 0 Å². The van der Waals surface area contributed by atoms with Gasteiger partial charge in [0.25, 0.3) is 5.91 Å². The van der Waals surface area contributed by atoms with Crippen LogP contribution in [0.25, 0.3) is 0 Å². The lowest BCUT2D eigenvalue weighted by molar-refractivity contribution is -0.114. The maximum absolute atomic E-state index is 11.9. The highest BCUT2D eigenvalue weighted by molar-refractivity contribution is 5.96. The van der Waals surface area contributed by atoms with Crippen LogP contribution in [0.2, 0.25) is 0 Å². The standard InChI is InChI=1S/C12H15N3O3/c1-8(16)14-11-6-9(2-4-13-11)12(17)15-10-3-5-18-7-10/h2,4,6,10H,3,5,7H2,1H3,(H,15,17)(H,13,14,16). The first kappa shape index (κ1) is 12.5. The number of pyridine rings is 1. The average molecular weight is 249 g/mol. The molecule has 0 saturated carbocycles. The third kappa shape index (κ3) is 3.27. The monoisotopic (exact) mass is 249 g/mol.